The number of nitrogens with zero attached hydrogens (tertiary/aromatic N) is 1. The zero-order valence-corrected chi connectivity index (χ0v) is 16.5. The lowest BCUT2D eigenvalue weighted by molar-refractivity contribution is -0.140. The minimum absolute atomic E-state index is 0.0326. The SMILES string of the molecule is NS(=O)(=O)c1ccc(Cl)c(C(=O)OCC(=O)N2CCC[C@H]3CCCC[C@H]32)c1. The number of primary sulfonamides is 1. The quantitative estimate of drug-likeness (QED) is 0.761. The van der Waals surface area contributed by atoms with Gasteiger partial charge in [0.1, 0.15) is 0 Å². The molecule has 0 bridgehead atoms. The summed E-state index contributed by atoms with van der Waals surface area (Å²) in [5.74, 6) is -0.539. The Hall–Kier alpha value is -1.64. The largest absolute Gasteiger partial charge is 0.452 e. The van der Waals surface area contributed by atoms with Gasteiger partial charge in [-0.25, -0.2) is 18.4 Å². The van der Waals surface area contributed by atoms with Gasteiger partial charge < -0.3 is 9.64 Å². The number of likely N-dealkylation sites (tertiary alicyclic amines) is 1. The van der Waals surface area contributed by atoms with Gasteiger partial charge in [0.05, 0.1) is 15.5 Å². The first-order chi connectivity index (χ1) is 12.8. The molecule has 2 atom stereocenters. The van der Waals surface area contributed by atoms with Crippen molar-refractivity contribution in [2.75, 3.05) is 13.2 Å². The lowest BCUT2D eigenvalue weighted by Crippen LogP contribution is -2.50. The van der Waals surface area contributed by atoms with Crippen LogP contribution in [-0.4, -0.2) is 44.4 Å². The summed E-state index contributed by atoms with van der Waals surface area (Å²) in [5, 5.41) is 5.11. The maximum Gasteiger partial charge on any atom is 0.340 e. The molecule has 0 spiro atoms. The second-order valence-corrected chi connectivity index (χ2v) is 9.07. The Morgan fingerprint density at radius 1 is 1.19 bits per heavy atom. The number of nitrogens with two attached hydrogens (primary N) is 1. The summed E-state index contributed by atoms with van der Waals surface area (Å²) >= 11 is 5.96. The van der Waals surface area contributed by atoms with E-state index in [2.05, 4.69) is 0 Å². The van der Waals surface area contributed by atoms with E-state index in [4.69, 9.17) is 21.5 Å². The molecule has 1 heterocycles. The van der Waals surface area contributed by atoms with E-state index in [1.807, 2.05) is 4.90 Å². The first kappa shape index (κ1) is 20.1. The van der Waals surface area contributed by atoms with Gasteiger partial charge in [-0.3, -0.25) is 4.79 Å². The Bertz CT molecular complexity index is 840. The topological polar surface area (TPSA) is 107 Å². The van der Waals surface area contributed by atoms with Crippen molar-refractivity contribution in [1.29, 1.82) is 0 Å². The molecule has 2 N–H and O–H groups in total. The number of esters is 1. The monoisotopic (exact) mass is 414 g/mol. The highest BCUT2D eigenvalue weighted by molar-refractivity contribution is 7.89. The predicted octanol–water partition coefficient (Wildman–Crippen LogP) is 2.33. The molecule has 2 aliphatic rings. The fraction of sp³-hybridized carbons (Fsp3) is 0.556. The summed E-state index contributed by atoms with van der Waals surface area (Å²) in [6, 6.07) is 3.75. The normalized spacial score (nSPS) is 22.8. The van der Waals surface area contributed by atoms with E-state index in [0.717, 1.165) is 38.2 Å². The zero-order valence-electron chi connectivity index (χ0n) is 14.9. The number of fused-ring (bicyclic) bond motifs is 1. The zero-order chi connectivity index (χ0) is 19.6. The average molecular weight is 415 g/mol. The fourth-order valence-electron chi connectivity index (χ4n) is 4.06. The van der Waals surface area contributed by atoms with Crippen LogP contribution in [0.2, 0.25) is 5.02 Å². The molecule has 1 aromatic rings. The molecule has 3 rings (SSSR count). The minimum atomic E-state index is -3.98. The summed E-state index contributed by atoms with van der Waals surface area (Å²) in [6.07, 6.45) is 6.56. The van der Waals surface area contributed by atoms with Crippen molar-refractivity contribution in [3.63, 3.8) is 0 Å². The number of piperidine rings is 1. The van der Waals surface area contributed by atoms with Crippen molar-refractivity contribution in [3.8, 4) is 0 Å². The van der Waals surface area contributed by atoms with Crippen molar-refractivity contribution >= 4 is 33.5 Å². The fourth-order valence-corrected chi connectivity index (χ4v) is 4.79. The van der Waals surface area contributed by atoms with Gasteiger partial charge >= 0.3 is 5.97 Å². The third-order valence-corrected chi connectivity index (χ3v) is 6.62. The van der Waals surface area contributed by atoms with Crippen LogP contribution in [0, 0.1) is 5.92 Å². The van der Waals surface area contributed by atoms with Crippen molar-refractivity contribution in [2.45, 2.75) is 49.5 Å². The highest BCUT2D eigenvalue weighted by Crippen LogP contribution is 2.35. The lowest BCUT2D eigenvalue weighted by Gasteiger charge is -2.44. The number of carbonyl (C=O) groups excluding carboxylic acids is 2. The smallest absolute Gasteiger partial charge is 0.340 e. The molecule has 1 saturated heterocycles. The van der Waals surface area contributed by atoms with Crippen LogP contribution in [0.4, 0.5) is 0 Å². The molecule has 0 unspecified atom stereocenters. The van der Waals surface area contributed by atoms with Crippen LogP contribution in [0.3, 0.4) is 0 Å². The Morgan fingerprint density at radius 2 is 1.89 bits per heavy atom. The van der Waals surface area contributed by atoms with Crippen LogP contribution in [-0.2, 0) is 19.6 Å². The average Bonchev–Trinajstić information content (AvgIpc) is 2.64. The molecule has 1 aromatic carbocycles. The number of carbonyl (C=O) groups is 2. The van der Waals surface area contributed by atoms with Gasteiger partial charge in [0.25, 0.3) is 5.91 Å². The molecule has 7 nitrogen and oxygen atoms in total. The van der Waals surface area contributed by atoms with Crippen LogP contribution in [0.25, 0.3) is 0 Å². The molecule has 0 aromatic heterocycles. The summed E-state index contributed by atoms with van der Waals surface area (Å²) < 4.78 is 28.0. The number of amides is 1. The van der Waals surface area contributed by atoms with Gasteiger partial charge in [-0.15, -0.1) is 0 Å². The summed E-state index contributed by atoms with van der Waals surface area (Å²) in [4.78, 5) is 26.5. The van der Waals surface area contributed by atoms with Crippen molar-refractivity contribution in [3.05, 3.63) is 28.8 Å². The van der Waals surface area contributed by atoms with Crippen molar-refractivity contribution < 1.29 is 22.7 Å². The standard InChI is InChI=1S/C18H23ClN2O5S/c19-15-8-7-13(27(20,24)25)10-14(15)18(23)26-11-17(22)21-9-3-5-12-4-1-2-6-16(12)21/h7-8,10,12,16H,1-6,9,11H2,(H2,20,24,25)/t12-,16-/m1/s1. The van der Waals surface area contributed by atoms with E-state index < -0.39 is 22.6 Å². The van der Waals surface area contributed by atoms with Crippen LogP contribution < -0.4 is 5.14 Å². The van der Waals surface area contributed by atoms with Crippen LogP contribution in [0.15, 0.2) is 23.1 Å². The maximum atomic E-state index is 12.6. The molecule has 27 heavy (non-hydrogen) atoms. The lowest BCUT2D eigenvalue weighted by atomic mass is 9.78. The Kier molecular flexibility index (Phi) is 6.08. The molecule has 1 saturated carbocycles. The first-order valence-corrected chi connectivity index (χ1v) is 11.0. The van der Waals surface area contributed by atoms with Gasteiger partial charge in [-0.1, -0.05) is 24.4 Å². The molecule has 1 amide bonds. The molecule has 9 heteroatoms. The molecule has 1 aliphatic heterocycles. The predicted molar refractivity (Wildman–Crippen MR) is 99.8 cm³/mol. The summed E-state index contributed by atoms with van der Waals surface area (Å²) in [5.41, 5.74) is -0.134. The maximum absolute atomic E-state index is 12.6. The molecule has 2 fully saturated rings. The molecule has 1 aliphatic carbocycles. The van der Waals surface area contributed by atoms with E-state index >= 15 is 0 Å². The highest BCUT2D eigenvalue weighted by atomic mass is 35.5. The first-order valence-electron chi connectivity index (χ1n) is 9.06. The minimum Gasteiger partial charge on any atom is -0.452 e. The second kappa shape index (κ2) is 8.16. The van der Waals surface area contributed by atoms with Gasteiger partial charge in [-0.05, 0) is 49.8 Å². The Labute approximate surface area is 163 Å². The van der Waals surface area contributed by atoms with E-state index in [9.17, 15) is 18.0 Å². The Morgan fingerprint density at radius 3 is 2.63 bits per heavy atom. The number of benzene rings is 1. The van der Waals surface area contributed by atoms with Gasteiger partial charge in [0.15, 0.2) is 6.61 Å². The number of sulfonamides is 1. The van der Waals surface area contributed by atoms with E-state index in [1.54, 1.807) is 0 Å². The summed E-state index contributed by atoms with van der Waals surface area (Å²) in [6.45, 7) is 0.289. The number of halogens is 1. The molecular formula is C18H23ClN2O5S. The molecule has 148 valence electrons. The van der Waals surface area contributed by atoms with E-state index in [1.165, 1.54) is 18.6 Å². The summed E-state index contributed by atoms with van der Waals surface area (Å²) in [7, 11) is -3.98. The van der Waals surface area contributed by atoms with Gasteiger partial charge in [0, 0.05) is 12.6 Å². The van der Waals surface area contributed by atoms with Crippen LogP contribution >= 0.6 is 11.6 Å². The molecular weight excluding hydrogens is 392 g/mol. The molecule has 0 radical (unpaired) electrons. The van der Waals surface area contributed by atoms with Crippen molar-refractivity contribution in [1.82, 2.24) is 4.90 Å². The third kappa shape index (κ3) is 4.62. The Balaban J connectivity index is 1.66. The van der Waals surface area contributed by atoms with Gasteiger partial charge in [-0.2, -0.15) is 0 Å². The third-order valence-electron chi connectivity index (χ3n) is 5.38. The number of ether oxygens (including phenoxy) is 1. The number of hydrogen-bond acceptors (Lipinski definition) is 5. The van der Waals surface area contributed by atoms with E-state index in [-0.39, 0.29) is 27.4 Å². The van der Waals surface area contributed by atoms with Crippen LogP contribution in [0.5, 0.6) is 0 Å². The number of rotatable bonds is 4. The highest BCUT2D eigenvalue weighted by Gasteiger charge is 2.35. The van der Waals surface area contributed by atoms with Crippen LogP contribution in [0.1, 0.15) is 48.9 Å². The van der Waals surface area contributed by atoms with E-state index in [0.29, 0.717) is 12.5 Å². The second-order valence-electron chi connectivity index (χ2n) is 7.10. The number of hydrogen-bond donors (Lipinski definition) is 1. The van der Waals surface area contributed by atoms with Crippen molar-refractivity contribution in [2.24, 2.45) is 11.1 Å². The van der Waals surface area contributed by atoms with Gasteiger partial charge in [0.2, 0.25) is 10.0 Å².